The summed E-state index contributed by atoms with van der Waals surface area (Å²) in [6.07, 6.45) is 10.0. The van der Waals surface area contributed by atoms with Crippen molar-refractivity contribution in [2.45, 2.75) is 92.4 Å². The maximum atomic E-state index is 5.74. The van der Waals surface area contributed by atoms with Crippen LogP contribution in [0, 0.1) is 6.92 Å². The van der Waals surface area contributed by atoms with Crippen LogP contribution >= 0.6 is 0 Å². The molecule has 0 heterocycles. The zero-order valence-electron chi connectivity index (χ0n) is 18.4. The van der Waals surface area contributed by atoms with Gasteiger partial charge >= 0.3 is 0 Å². The summed E-state index contributed by atoms with van der Waals surface area (Å²) in [6.45, 7) is 19.8. The van der Waals surface area contributed by atoms with E-state index in [2.05, 4.69) is 72.8 Å². The first-order valence-corrected chi connectivity index (χ1v) is 10.1. The molecule has 0 aliphatic heterocycles. The van der Waals surface area contributed by atoms with Crippen LogP contribution in [0.15, 0.2) is 29.9 Å². The second-order valence-electron chi connectivity index (χ2n) is 8.40. The Labute approximate surface area is 161 Å². The highest BCUT2D eigenvalue weighted by atomic mass is 16.6. The van der Waals surface area contributed by atoms with Gasteiger partial charge in [0.25, 0.3) is 0 Å². The average Bonchev–Trinajstić information content (AvgIpc) is 2.62. The summed E-state index contributed by atoms with van der Waals surface area (Å²) < 4.78 is 0. The summed E-state index contributed by atoms with van der Waals surface area (Å²) in [7, 11) is 0. The molecule has 1 aliphatic carbocycles. The van der Waals surface area contributed by atoms with Gasteiger partial charge in [-0.3, -0.25) is 0 Å². The number of benzene rings is 1. The number of hydrogen-bond acceptors (Lipinski definition) is 2. The van der Waals surface area contributed by atoms with Crippen LogP contribution in [0.4, 0.5) is 0 Å². The molecule has 0 unspecified atom stereocenters. The molecule has 0 amide bonds. The molecule has 1 aliphatic rings. The molecular weight excluding hydrogens is 318 g/mol. The van der Waals surface area contributed by atoms with E-state index in [0.717, 1.165) is 25.0 Å². The second kappa shape index (κ2) is 8.90. The molecule has 26 heavy (non-hydrogen) atoms. The van der Waals surface area contributed by atoms with Crippen LogP contribution in [0.1, 0.15) is 90.5 Å². The van der Waals surface area contributed by atoms with E-state index in [1.54, 1.807) is 0 Å². The lowest BCUT2D eigenvalue weighted by molar-refractivity contribution is 0.321. The second-order valence-corrected chi connectivity index (χ2v) is 8.40. The van der Waals surface area contributed by atoms with Crippen molar-refractivity contribution in [1.82, 2.24) is 0 Å². The lowest BCUT2D eigenvalue weighted by Crippen LogP contribution is -2.27. The Kier molecular flexibility index (Phi) is 7.70. The highest BCUT2D eigenvalue weighted by molar-refractivity contribution is 5.59. The van der Waals surface area contributed by atoms with E-state index in [4.69, 9.17) is 10.7 Å². The fraction of sp³-hybridized carbons (Fsp3) is 0.583. The lowest BCUT2D eigenvalue weighted by atomic mass is 9.70. The molecule has 0 aromatic heterocycles. The minimum Gasteiger partial charge on any atom is -0.411 e. The third kappa shape index (κ3) is 4.40. The van der Waals surface area contributed by atoms with Gasteiger partial charge in [-0.1, -0.05) is 79.7 Å². The summed E-state index contributed by atoms with van der Waals surface area (Å²) in [5.74, 6) is 6.60. The molecule has 2 rings (SSSR count). The van der Waals surface area contributed by atoms with Crippen molar-refractivity contribution < 1.29 is 4.84 Å². The van der Waals surface area contributed by atoms with E-state index in [9.17, 15) is 0 Å². The van der Waals surface area contributed by atoms with Crippen molar-refractivity contribution in [3.8, 4) is 5.75 Å². The minimum absolute atomic E-state index is 0.0861. The topological polar surface area (TPSA) is 35.2 Å². The molecule has 0 saturated heterocycles. The first kappa shape index (κ1) is 22.5. The average molecular weight is 358 g/mol. The molecule has 0 atom stereocenters. The monoisotopic (exact) mass is 357 g/mol. The van der Waals surface area contributed by atoms with Crippen molar-refractivity contribution in [2.75, 3.05) is 0 Å². The third-order valence-corrected chi connectivity index (χ3v) is 5.26. The van der Waals surface area contributed by atoms with Gasteiger partial charge in [-0.15, -0.1) is 0 Å². The van der Waals surface area contributed by atoms with Crippen LogP contribution in [-0.4, -0.2) is 0 Å². The highest BCUT2D eigenvalue weighted by Gasteiger charge is 2.34. The quantitative estimate of drug-likeness (QED) is 0.609. The highest BCUT2D eigenvalue weighted by Crippen LogP contribution is 2.45. The van der Waals surface area contributed by atoms with E-state index >= 15 is 0 Å². The number of rotatable bonds is 4. The first-order valence-electron chi connectivity index (χ1n) is 10.1. The molecule has 2 heteroatoms. The smallest absolute Gasteiger partial charge is 0.154 e. The van der Waals surface area contributed by atoms with E-state index in [1.807, 2.05) is 13.8 Å². The Balaban J connectivity index is 0.00000163. The van der Waals surface area contributed by atoms with E-state index in [-0.39, 0.29) is 10.8 Å². The van der Waals surface area contributed by atoms with Crippen LogP contribution in [0.25, 0.3) is 0 Å². The Morgan fingerprint density at radius 1 is 1.08 bits per heavy atom. The van der Waals surface area contributed by atoms with Crippen molar-refractivity contribution in [3.05, 3.63) is 52.1 Å². The fourth-order valence-corrected chi connectivity index (χ4v) is 3.96. The molecule has 2 nitrogen and oxygen atoms in total. The Morgan fingerprint density at radius 2 is 1.69 bits per heavy atom. The van der Waals surface area contributed by atoms with Gasteiger partial charge in [-0.25, -0.2) is 0 Å². The van der Waals surface area contributed by atoms with Gasteiger partial charge < -0.3 is 4.84 Å². The van der Waals surface area contributed by atoms with E-state index in [1.165, 1.54) is 27.8 Å². The van der Waals surface area contributed by atoms with Crippen LogP contribution in [0.3, 0.4) is 0 Å². The van der Waals surface area contributed by atoms with Crippen LogP contribution in [0.5, 0.6) is 5.75 Å². The summed E-state index contributed by atoms with van der Waals surface area (Å²) >= 11 is 0. The molecule has 146 valence electrons. The summed E-state index contributed by atoms with van der Waals surface area (Å²) in [6, 6.07) is 2.28. The number of hydrogen-bond donors (Lipinski definition) is 1. The molecular formula is C24H39NO. The zero-order chi connectivity index (χ0) is 20.1. The van der Waals surface area contributed by atoms with Gasteiger partial charge in [0.2, 0.25) is 0 Å². The maximum absolute atomic E-state index is 5.74. The standard InChI is InChI=1S/C22H33NO.C2H6/c1-8-16-14-18(21(3,4)5)15(2)19(20(16)24-23)22(6,7)17-12-10-9-11-13-17;1-2/h10,12-14H,8-9,11,23H2,1-7H3;1-2H3. The van der Waals surface area contributed by atoms with Crippen molar-refractivity contribution in [1.29, 1.82) is 0 Å². The van der Waals surface area contributed by atoms with Crippen LogP contribution < -0.4 is 10.7 Å². The summed E-state index contributed by atoms with van der Waals surface area (Å²) in [5.41, 5.74) is 6.39. The number of aryl methyl sites for hydroxylation is 1. The van der Waals surface area contributed by atoms with Crippen LogP contribution in [-0.2, 0) is 17.3 Å². The van der Waals surface area contributed by atoms with Gasteiger partial charge in [0.1, 0.15) is 0 Å². The van der Waals surface area contributed by atoms with Crippen LogP contribution in [0.2, 0.25) is 0 Å². The molecule has 2 N–H and O–H groups in total. The molecule has 0 saturated carbocycles. The number of allylic oxidation sites excluding steroid dienone is 4. The zero-order valence-corrected chi connectivity index (χ0v) is 18.4. The fourth-order valence-electron chi connectivity index (χ4n) is 3.96. The third-order valence-electron chi connectivity index (χ3n) is 5.26. The Bertz CT molecular complexity index is 672. The van der Waals surface area contributed by atoms with Gasteiger partial charge in [-0.2, -0.15) is 5.90 Å². The summed E-state index contributed by atoms with van der Waals surface area (Å²) in [4.78, 5) is 5.44. The minimum atomic E-state index is -0.138. The molecule has 1 aromatic rings. The first-order chi connectivity index (χ1) is 12.1. The van der Waals surface area contributed by atoms with Gasteiger partial charge in [0.15, 0.2) is 5.75 Å². The van der Waals surface area contributed by atoms with E-state index in [0.29, 0.717) is 0 Å². The molecule has 0 spiro atoms. The van der Waals surface area contributed by atoms with Crippen molar-refractivity contribution >= 4 is 0 Å². The Morgan fingerprint density at radius 3 is 2.12 bits per heavy atom. The Hall–Kier alpha value is -1.54. The maximum Gasteiger partial charge on any atom is 0.154 e. The van der Waals surface area contributed by atoms with Crippen molar-refractivity contribution in [2.24, 2.45) is 5.90 Å². The normalized spacial score (nSPS) is 14.5. The lowest BCUT2D eigenvalue weighted by Gasteiger charge is -2.35. The van der Waals surface area contributed by atoms with Crippen molar-refractivity contribution in [3.63, 3.8) is 0 Å². The van der Waals surface area contributed by atoms with E-state index < -0.39 is 0 Å². The molecule has 0 radical (unpaired) electrons. The van der Waals surface area contributed by atoms with Gasteiger partial charge in [0, 0.05) is 11.0 Å². The van der Waals surface area contributed by atoms with Gasteiger partial charge in [0.05, 0.1) is 0 Å². The predicted molar refractivity (Wildman–Crippen MR) is 115 cm³/mol. The molecule has 1 aromatic carbocycles. The van der Waals surface area contributed by atoms with Gasteiger partial charge in [-0.05, 0) is 53.9 Å². The summed E-state index contributed by atoms with van der Waals surface area (Å²) in [5, 5.41) is 0. The number of nitrogens with two attached hydrogens (primary N) is 1. The predicted octanol–water partition coefficient (Wildman–Crippen LogP) is 6.69. The largest absolute Gasteiger partial charge is 0.411 e. The molecule has 0 bridgehead atoms. The SMILES string of the molecule is CC.CCc1cc(C(C)(C)C)c(C)c(C(C)(C)C2=CCCC=C2)c1ON. The molecule has 0 fully saturated rings.